The van der Waals surface area contributed by atoms with Gasteiger partial charge in [-0.2, -0.15) is 0 Å². The third-order valence-electron chi connectivity index (χ3n) is 5.85. The van der Waals surface area contributed by atoms with Crippen LogP contribution in [-0.4, -0.2) is 38.5 Å². The summed E-state index contributed by atoms with van der Waals surface area (Å²) in [5, 5.41) is 21.0. The van der Waals surface area contributed by atoms with Crippen molar-refractivity contribution in [3.8, 4) is 0 Å². The number of aliphatic hydroxyl groups excluding tert-OH is 1. The predicted molar refractivity (Wildman–Crippen MR) is 114 cm³/mol. The van der Waals surface area contributed by atoms with Crippen molar-refractivity contribution >= 4 is 6.08 Å². The highest BCUT2D eigenvalue weighted by molar-refractivity contribution is 5.56. The first-order valence-electron chi connectivity index (χ1n) is 9.79. The van der Waals surface area contributed by atoms with Crippen molar-refractivity contribution in [3.63, 3.8) is 0 Å². The van der Waals surface area contributed by atoms with E-state index in [2.05, 4.69) is 34.2 Å². The van der Waals surface area contributed by atoms with Gasteiger partial charge in [0.25, 0.3) is 0 Å². The smallest absolute Gasteiger partial charge is 0.0961 e. The number of hydrogen-bond acceptors (Lipinski definition) is 5. The minimum absolute atomic E-state index is 0.230. The van der Waals surface area contributed by atoms with E-state index in [1.807, 2.05) is 53.2 Å². The Bertz CT molecular complexity index is 689. The van der Waals surface area contributed by atoms with Gasteiger partial charge in [0, 0.05) is 30.3 Å². The Morgan fingerprint density at radius 2 is 1.93 bits per heavy atom. The number of benzene rings is 1. The van der Waals surface area contributed by atoms with Crippen LogP contribution in [0.5, 0.6) is 0 Å². The molecule has 5 heteroatoms. The first-order valence-corrected chi connectivity index (χ1v) is 9.79. The molecular formula is C22H36N4O. The van der Waals surface area contributed by atoms with E-state index < -0.39 is 6.10 Å². The molecule has 0 saturated carbocycles. The zero-order valence-corrected chi connectivity index (χ0v) is 17.4. The Morgan fingerprint density at radius 3 is 2.52 bits per heavy atom. The van der Waals surface area contributed by atoms with Crippen LogP contribution >= 0.6 is 0 Å². The second-order valence-electron chi connectivity index (χ2n) is 8.00. The Hall–Kier alpha value is -1.66. The maximum absolute atomic E-state index is 10.7. The maximum atomic E-state index is 10.7. The molecular weight excluding hydrogens is 336 g/mol. The standard InChI is InChI=1S/C22H36N4O/c1-21(2,15-23)20(27)17-9-6-8-16(14-17)11-12-18-19(24-3)10-7-13-22(18,25-4)26-5/h6,8-9,11-12,14,20,24-27H,7,10,13,15,23H2,1-5H3/b12-11+. The van der Waals surface area contributed by atoms with Gasteiger partial charge in [0.1, 0.15) is 0 Å². The highest BCUT2D eigenvalue weighted by Crippen LogP contribution is 2.34. The van der Waals surface area contributed by atoms with Gasteiger partial charge in [-0.3, -0.25) is 10.6 Å². The first-order chi connectivity index (χ1) is 12.8. The Labute approximate surface area is 164 Å². The minimum atomic E-state index is -0.591. The molecule has 1 aliphatic carbocycles. The van der Waals surface area contributed by atoms with Gasteiger partial charge in [-0.1, -0.05) is 44.2 Å². The van der Waals surface area contributed by atoms with Crippen LogP contribution in [0.2, 0.25) is 0 Å². The molecule has 6 N–H and O–H groups in total. The van der Waals surface area contributed by atoms with Gasteiger partial charge in [-0.15, -0.1) is 0 Å². The summed E-state index contributed by atoms with van der Waals surface area (Å²) in [7, 11) is 5.97. The fraction of sp³-hybridized carbons (Fsp3) is 0.545. The van der Waals surface area contributed by atoms with Gasteiger partial charge in [-0.25, -0.2) is 0 Å². The molecule has 0 aliphatic heterocycles. The van der Waals surface area contributed by atoms with E-state index in [4.69, 9.17) is 5.73 Å². The van der Waals surface area contributed by atoms with Crippen molar-refractivity contribution in [1.29, 1.82) is 0 Å². The molecule has 0 radical (unpaired) electrons. The van der Waals surface area contributed by atoms with E-state index in [0.717, 1.165) is 30.4 Å². The van der Waals surface area contributed by atoms with Crippen molar-refractivity contribution < 1.29 is 5.11 Å². The fourth-order valence-corrected chi connectivity index (χ4v) is 3.78. The summed E-state index contributed by atoms with van der Waals surface area (Å²) in [4.78, 5) is 0. The van der Waals surface area contributed by atoms with Crippen LogP contribution in [-0.2, 0) is 0 Å². The lowest BCUT2D eigenvalue weighted by atomic mass is 9.82. The van der Waals surface area contributed by atoms with E-state index in [-0.39, 0.29) is 11.1 Å². The molecule has 150 valence electrons. The SMILES string of the molecule is CNC1=C(/C=C/c2cccc(C(O)C(C)(C)CN)c2)C(NC)(NC)CCC1. The van der Waals surface area contributed by atoms with Gasteiger partial charge >= 0.3 is 0 Å². The molecule has 0 spiro atoms. The van der Waals surface area contributed by atoms with Crippen LogP contribution < -0.4 is 21.7 Å². The molecule has 2 rings (SSSR count). The summed E-state index contributed by atoms with van der Waals surface area (Å²) in [6, 6.07) is 8.05. The molecule has 5 nitrogen and oxygen atoms in total. The molecule has 1 aliphatic rings. The molecule has 0 heterocycles. The van der Waals surface area contributed by atoms with Crippen molar-refractivity contribution in [2.75, 3.05) is 27.7 Å². The third-order valence-corrected chi connectivity index (χ3v) is 5.85. The Morgan fingerprint density at radius 1 is 1.22 bits per heavy atom. The predicted octanol–water partition coefficient (Wildman–Crippen LogP) is 2.51. The number of nitrogens with one attached hydrogen (secondary N) is 3. The zero-order valence-electron chi connectivity index (χ0n) is 17.4. The number of allylic oxidation sites excluding steroid dienone is 1. The van der Waals surface area contributed by atoms with Crippen molar-refractivity contribution in [2.24, 2.45) is 11.1 Å². The van der Waals surface area contributed by atoms with Gasteiger partial charge in [0.15, 0.2) is 0 Å². The zero-order chi connectivity index (χ0) is 20.1. The Kier molecular flexibility index (Phi) is 7.23. The van der Waals surface area contributed by atoms with E-state index in [1.54, 1.807) is 0 Å². The summed E-state index contributed by atoms with van der Waals surface area (Å²) < 4.78 is 0. The molecule has 0 saturated heterocycles. The molecule has 1 unspecified atom stereocenters. The number of hydrogen-bond donors (Lipinski definition) is 5. The maximum Gasteiger partial charge on any atom is 0.0961 e. The second kappa shape index (κ2) is 9.02. The topological polar surface area (TPSA) is 82.3 Å². The lowest BCUT2D eigenvalue weighted by Crippen LogP contribution is -2.57. The number of rotatable bonds is 8. The highest BCUT2D eigenvalue weighted by atomic mass is 16.3. The van der Waals surface area contributed by atoms with Crippen molar-refractivity contribution in [1.82, 2.24) is 16.0 Å². The normalized spacial score (nSPS) is 18.8. The van der Waals surface area contributed by atoms with Crippen LogP contribution in [0, 0.1) is 5.41 Å². The number of nitrogens with two attached hydrogens (primary N) is 1. The average molecular weight is 373 g/mol. The number of likely N-dealkylation sites (N-methyl/N-ethyl adjacent to an activating group) is 2. The summed E-state index contributed by atoms with van der Waals surface area (Å²) in [6.07, 6.45) is 6.92. The average Bonchev–Trinajstić information content (AvgIpc) is 2.71. The van der Waals surface area contributed by atoms with Gasteiger partial charge < -0.3 is 16.2 Å². The van der Waals surface area contributed by atoms with Gasteiger partial charge in [-0.05, 0) is 50.6 Å². The molecule has 0 aromatic heterocycles. The Balaban J connectivity index is 2.36. The monoisotopic (exact) mass is 372 g/mol. The van der Waals surface area contributed by atoms with Crippen molar-refractivity contribution in [3.05, 3.63) is 52.7 Å². The van der Waals surface area contributed by atoms with E-state index >= 15 is 0 Å². The van der Waals surface area contributed by atoms with E-state index in [0.29, 0.717) is 6.54 Å². The molecule has 1 aromatic rings. The lowest BCUT2D eigenvalue weighted by Gasteiger charge is -2.39. The molecule has 1 aromatic carbocycles. The van der Waals surface area contributed by atoms with Crippen LogP contribution in [0.25, 0.3) is 6.08 Å². The molecule has 0 bridgehead atoms. The fourth-order valence-electron chi connectivity index (χ4n) is 3.78. The van der Waals surface area contributed by atoms with Gasteiger partial charge in [0.2, 0.25) is 0 Å². The van der Waals surface area contributed by atoms with Gasteiger partial charge in [0.05, 0.1) is 11.8 Å². The van der Waals surface area contributed by atoms with E-state index in [1.165, 1.54) is 11.3 Å². The van der Waals surface area contributed by atoms with Crippen molar-refractivity contribution in [2.45, 2.75) is 44.9 Å². The third kappa shape index (κ3) is 4.61. The molecule has 0 fully saturated rings. The molecule has 0 amide bonds. The second-order valence-corrected chi connectivity index (χ2v) is 8.00. The van der Waals surface area contributed by atoms with Crippen LogP contribution in [0.4, 0.5) is 0 Å². The minimum Gasteiger partial charge on any atom is -0.391 e. The van der Waals surface area contributed by atoms with Crippen LogP contribution in [0.15, 0.2) is 41.6 Å². The lowest BCUT2D eigenvalue weighted by molar-refractivity contribution is 0.0555. The number of aliphatic hydroxyl groups is 1. The summed E-state index contributed by atoms with van der Waals surface area (Å²) >= 11 is 0. The summed E-state index contributed by atoms with van der Waals surface area (Å²) in [5.41, 5.74) is 9.68. The largest absolute Gasteiger partial charge is 0.391 e. The quantitative estimate of drug-likeness (QED) is 0.453. The van der Waals surface area contributed by atoms with Crippen LogP contribution in [0.1, 0.15) is 50.3 Å². The molecule has 27 heavy (non-hydrogen) atoms. The summed E-state index contributed by atoms with van der Waals surface area (Å²) in [6.45, 7) is 4.40. The highest BCUT2D eigenvalue weighted by Gasteiger charge is 2.34. The van der Waals surface area contributed by atoms with E-state index in [9.17, 15) is 5.11 Å². The van der Waals surface area contributed by atoms with Crippen LogP contribution in [0.3, 0.4) is 0 Å². The summed E-state index contributed by atoms with van der Waals surface area (Å²) in [5.74, 6) is 0. The first kappa shape index (κ1) is 21.6. The molecule has 1 atom stereocenters.